The summed E-state index contributed by atoms with van der Waals surface area (Å²) in [5.41, 5.74) is 3.76. The predicted octanol–water partition coefficient (Wildman–Crippen LogP) is 4.71. The Morgan fingerprint density at radius 3 is 2.57 bits per heavy atom. The Morgan fingerprint density at radius 1 is 1.30 bits per heavy atom. The molecule has 0 saturated heterocycles. The molecule has 2 N–H and O–H groups in total. The van der Waals surface area contributed by atoms with Gasteiger partial charge < -0.3 is 10.2 Å². The van der Waals surface area contributed by atoms with Crippen LogP contribution in [0.25, 0.3) is 0 Å². The first-order valence-electron chi connectivity index (χ1n) is 8.90. The molecular weight excluding hydrogens is 288 g/mol. The number of carbonyl (C=O) groups is 1. The summed E-state index contributed by atoms with van der Waals surface area (Å²) in [4.78, 5) is 10.9. The summed E-state index contributed by atoms with van der Waals surface area (Å²) in [5, 5.41) is 19.9. The minimum atomic E-state index is -0.935. The van der Waals surface area contributed by atoms with E-state index in [1.54, 1.807) is 12.5 Å². The lowest BCUT2D eigenvalue weighted by Gasteiger charge is -2.51. The lowest BCUT2D eigenvalue weighted by molar-refractivity contribution is -0.131. The average Bonchev–Trinajstić information content (AvgIpc) is 2.41. The molecule has 130 valence electrons. The monoisotopic (exact) mass is 320 g/mol. The Hall–Kier alpha value is -1.09. The van der Waals surface area contributed by atoms with Crippen LogP contribution < -0.4 is 0 Å². The zero-order chi connectivity index (χ0) is 17.4. The molecule has 2 aliphatic carbocycles. The Bertz CT molecular complexity index is 541. The highest BCUT2D eigenvalue weighted by molar-refractivity contribution is 5.80. The number of aliphatic hydroxyl groups excluding tert-OH is 1. The molecule has 0 aromatic carbocycles. The molecule has 2 rings (SSSR count). The molecule has 0 heterocycles. The van der Waals surface area contributed by atoms with Crippen molar-refractivity contribution in [3.63, 3.8) is 0 Å². The van der Waals surface area contributed by atoms with Crippen molar-refractivity contribution in [2.45, 2.75) is 79.2 Å². The first-order chi connectivity index (χ1) is 10.6. The van der Waals surface area contributed by atoms with Gasteiger partial charge in [0.05, 0.1) is 6.10 Å². The Kier molecular flexibility index (Phi) is 5.10. The van der Waals surface area contributed by atoms with Crippen LogP contribution in [-0.2, 0) is 4.79 Å². The van der Waals surface area contributed by atoms with Gasteiger partial charge in [-0.3, -0.25) is 0 Å². The van der Waals surface area contributed by atoms with Crippen molar-refractivity contribution in [1.82, 2.24) is 0 Å². The topological polar surface area (TPSA) is 57.5 Å². The molecule has 3 nitrogen and oxygen atoms in total. The van der Waals surface area contributed by atoms with Gasteiger partial charge in [-0.05, 0) is 56.8 Å². The number of allylic oxidation sites excluding steroid dienone is 1. The fourth-order valence-corrected chi connectivity index (χ4v) is 4.78. The van der Waals surface area contributed by atoms with Gasteiger partial charge in [0.1, 0.15) is 0 Å². The summed E-state index contributed by atoms with van der Waals surface area (Å²) < 4.78 is 0. The third-order valence-electron chi connectivity index (χ3n) is 6.49. The summed E-state index contributed by atoms with van der Waals surface area (Å²) in [7, 11) is 0. The molecule has 0 unspecified atom stereocenters. The summed E-state index contributed by atoms with van der Waals surface area (Å²) in [6.45, 7) is 10.9. The lowest BCUT2D eigenvalue weighted by Crippen LogP contribution is -2.45. The number of aliphatic carboxylic acids is 1. The molecule has 3 heteroatoms. The third-order valence-corrected chi connectivity index (χ3v) is 6.49. The van der Waals surface area contributed by atoms with Gasteiger partial charge in [0.25, 0.3) is 0 Å². The number of hydrogen-bond acceptors (Lipinski definition) is 2. The average molecular weight is 320 g/mol. The Balaban J connectivity index is 2.38. The van der Waals surface area contributed by atoms with Gasteiger partial charge in [-0.1, -0.05) is 44.4 Å². The molecule has 0 aromatic heterocycles. The maximum atomic E-state index is 11.0. The summed E-state index contributed by atoms with van der Waals surface area (Å²) >= 11 is 0. The highest BCUT2D eigenvalue weighted by Gasteiger charge is 2.48. The van der Waals surface area contributed by atoms with E-state index in [4.69, 9.17) is 5.11 Å². The van der Waals surface area contributed by atoms with E-state index >= 15 is 0 Å². The molecule has 0 aromatic rings. The molecule has 23 heavy (non-hydrogen) atoms. The van der Waals surface area contributed by atoms with Gasteiger partial charge in [-0.25, -0.2) is 4.79 Å². The van der Waals surface area contributed by atoms with Gasteiger partial charge in [-0.2, -0.15) is 0 Å². The van der Waals surface area contributed by atoms with Crippen molar-refractivity contribution in [3.05, 3.63) is 22.8 Å². The Morgan fingerprint density at radius 2 is 1.96 bits per heavy atom. The molecule has 0 radical (unpaired) electrons. The summed E-state index contributed by atoms with van der Waals surface area (Å²) in [6, 6.07) is 0. The van der Waals surface area contributed by atoms with Crippen LogP contribution in [0.3, 0.4) is 0 Å². The highest BCUT2D eigenvalue weighted by Crippen LogP contribution is 2.56. The highest BCUT2D eigenvalue weighted by atomic mass is 16.4. The molecule has 0 saturated carbocycles. The first-order valence-corrected chi connectivity index (χ1v) is 8.90. The molecule has 0 fully saturated rings. The van der Waals surface area contributed by atoms with Gasteiger partial charge in [0, 0.05) is 11.5 Å². The second-order valence-corrected chi connectivity index (χ2v) is 8.47. The molecule has 2 aliphatic rings. The number of carboxylic acids is 1. The second kappa shape index (κ2) is 6.43. The fraction of sp³-hybridized carbons (Fsp3) is 0.750. The van der Waals surface area contributed by atoms with Gasteiger partial charge >= 0.3 is 5.97 Å². The van der Waals surface area contributed by atoms with E-state index in [-0.39, 0.29) is 10.8 Å². The largest absolute Gasteiger partial charge is 0.478 e. The molecule has 0 spiro atoms. The smallest absolute Gasteiger partial charge is 0.328 e. The van der Waals surface area contributed by atoms with Crippen LogP contribution in [0.15, 0.2) is 22.8 Å². The van der Waals surface area contributed by atoms with Crippen LogP contribution in [-0.4, -0.2) is 22.3 Å². The van der Waals surface area contributed by atoms with Crippen LogP contribution in [0, 0.1) is 16.7 Å². The minimum absolute atomic E-state index is 0.237. The van der Waals surface area contributed by atoms with Crippen molar-refractivity contribution < 1.29 is 15.0 Å². The lowest BCUT2D eigenvalue weighted by atomic mass is 9.54. The maximum Gasteiger partial charge on any atom is 0.328 e. The van der Waals surface area contributed by atoms with Crippen molar-refractivity contribution in [1.29, 1.82) is 0 Å². The molecule has 0 aliphatic heterocycles. The van der Waals surface area contributed by atoms with Crippen LogP contribution in [0.1, 0.15) is 73.1 Å². The molecule has 0 bridgehead atoms. The van der Waals surface area contributed by atoms with Crippen molar-refractivity contribution >= 4 is 5.97 Å². The second-order valence-electron chi connectivity index (χ2n) is 8.47. The van der Waals surface area contributed by atoms with E-state index in [1.807, 2.05) is 0 Å². The van der Waals surface area contributed by atoms with Crippen molar-refractivity contribution in [2.75, 3.05) is 0 Å². The number of rotatable bonds is 4. The van der Waals surface area contributed by atoms with E-state index in [0.29, 0.717) is 12.3 Å². The summed E-state index contributed by atoms with van der Waals surface area (Å²) in [6.07, 6.45) is 6.89. The van der Waals surface area contributed by atoms with Crippen molar-refractivity contribution in [2.24, 2.45) is 16.7 Å². The van der Waals surface area contributed by atoms with Crippen LogP contribution >= 0.6 is 0 Å². The zero-order valence-corrected chi connectivity index (χ0v) is 15.3. The third kappa shape index (κ3) is 3.40. The maximum absolute atomic E-state index is 11.0. The quantitative estimate of drug-likeness (QED) is 0.582. The zero-order valence-electron chi connectivity index (χ0n) is 15.3. The predicted molar refractivity (Wildman–Crippen MR) is 93.2 cm³/mol. The Labute approximate surface area is 140 Å². The number of aliphatic hydroxyl groups is 1. The van der Waals surface area contributed by atoms with Crippen LogP contribution in [0.4, 0.5) is 0 Å². The van der Waals surface area contributed by atoms with Gasteiger partial charge in [0.15, 0.2) is 0 Å². The van der Waals surface area contributed by atoms with Crippen LogP contribution in [0.2, 0.25) is 0 Å². The fourth-order valence-electron chi connectivity index (χ4n) is 4.78. The molecular formula is C20H32O3. The van der Waals surface area contributed by atoms with E-state index in [9.17, 15) is 9.90 Å². The first kappa shape index (κ1) is 18.3. The normalized spacial score (nSPS) is 32.4. The standard InChI is InChI=1S/C20H32O3/c1-13(12-18(22)23)11-17(21)20(5)14(2)8-9-15-16(20)7-6-10-19(15,3)4/h12,14,17,21H,6-11H2,1-5H3,(H,22,23)/b13-12+/t14-,17+,20+/m1/s1. The van der Waals surface area contributed by atoms with E-state index in [2.05, 4.69) is 27.7 Å². The van der Waals surface area contributed by atoms with Crippen molar-refractivity contribution in [3.8, 4) is 0 Å². The van der Waals surface area contributed by atoms with Gasteiger partial charge in [0.2, 0.25) is 0 Å². The molecule has 0 amide bonds. The van der Waals surface area contributed by atoms with E-state index in [0.717, 1.165) is 24.8 Å². The summed E-state index contributed by atoms with van der Waals surface area (Å²) in [5.74, 6) is -0.516. The van der Waals surface area contributed by atoms with E-state index in [1.165, 1.54) is 24.5 Å². The van der Waals surface area contributed by atoms with Gasteiger partial charge in [-0.15, -0.1) is 0 Å². The molecule has 3 atom stereocenters. The van der Waals surface area contributed by atoms with Crippen LogP contribution in [0.5, 0.6) is 0 Å². The number of carboxylic acid groups (broad SMARTS) is 1. The SMILES string of the molecule is C/C(=C\C(=O)O)C[C@H](O)[C@]1(C)C2=C(CC[C@H]1C)C(C)(C)CCC2. The van der Waals surface area contributed by atoms with E-state index < -0.39 is 12.1 Å². The number of hydrogen-bond donors (Lipinski definition) is 2. The minimum Gasteiger partial charge on any atom is -0.478 e.